The van der Waals surface area contributed by atoms with Gasteiger partial charge in [0.25, 0.3) is 0 Å². The fourth-order valence-electron chi connectivity index (χ4n) is 3.66. The summed E-state index contributed by atoms with van der Waals surface area (Å²) in [5, 5.41) is 0. The van der Waals surface area contributed by atoms with Crippen LogP contribution in [0.2, 0.25) is 6.04 Å². The van der Waals surface area contributed by atoms with Crippen molar-refractivity contribution in [3.05, 3.63) is 0 Å². The molecule has 0 saturated carbocycles. The normalized spacial score (nSPS) is 12.2. The highest BCUT2D eigenvalue weighted by Gasteiger charge is 2.39. The zero-order valence-corrected chi connectivity index (χ0v) is 20.3. The van der Waals surface area contributed by atoms with Gasteiger partial charge in [0.2, 0.25) is 0 Å². The zero-order valence-electron chi connectivity index (χ0n) is 19.3. The van der Waals surface area contributed by atoms with Crippen molar-refractivity contribution in [1.29, 1.82) is 0 Å². The largest absolute Gasteiger partial charge is 0.500 e. The Labute approximate surface area is 172 Å². The molecular formula is C23H50O3Si. The van der Waals surface area contributed by atoms with Gasteiger partial charge in [-0.2, -0.15) is 0 Å². The highest BCUT2D eigenvalue weighted by atomic mass is 28.4. The van der Waals surface area contributed by atoms with Gasteiger partial charge in [0.05, 0.1) is 0 Å². The smallest absolute Gasteiger partial charge is 0.374 e. The van der Waals surface area contributed by atoms with Gasteiger partial charge >= 0.3 is 8.80 Å². The maximum Gasteiger partial charge on any atom is 0.500 e. The van der Waals surface area contributed by atoms with E-state index >= 15 is 0 Å². The van der Waals surface area contributed by atoms with Gasteiger partial charge < -0.3 is 13.3 Å². The molecule has 0 bridgehead atoms. The second-order valence-corrected chi connectivity index (χ2v) is 10.9. The van der Waals surface area contributed by atoms with E-state index in [1.165, 1.54) is 83.5 Å². The van der Waals surface area contributed by atoms with Crippen molar-refractivity contribution in [1.82, 2.24) is 0 Å². The highest BCUT2D eigenvalue weighted by molar-refractivity contribution is 6.60. The summed E-state index contributed by atoms with van der Waals surface area (Å²) in [7, 11) is -2.40. The minimum Gasteiger partial charge on any atom is -0.374 e. The van der Waals surface area contributed by atoms with Crippen LogP contribution in [0, 0.1) is 5.92 Å². The molecule has 164 valence electrons. The Bertz CT molecular complexity index is 280. The molecule has 0 aromatic heterocycles. The van der Waals surface area contributed by atoms with Gasteiger partial charge in [0, 0.05) is 25.9 Å². The lowest BCUT2D eigenvalue weighted by molar-refractivity contribution is 0.0706. The van der Waals surface area contributed by atoms with E-state index in [1.807, 2.05) is 20.8 Å². The summed E-state index contributed by atoms with van der Waals surface area (Å²) in [5.41, 5.74) is 0. The molecule has 0 spiro atoms. The summed E-state index contributed by atoms with van der Waals surface area (Å²) in [5.74, 6) is 0.876. The van der Waals surface area contributed by atoms with Gasteiger partial charge in [0.1, 0.15) is 0 Å². The first kappa shape index (κ1) is 27.1. The van der Waals surface area contributed by atoms with Gasteiger partial charge in [0.15, 0.2) is 0 Å². The molecule has 4 heteroatoms. The minimum absolute atomic E-state index is 0.684. The quantitative estimate of drug-likeness (QED) is 0.145. The molecule has 3 nitrogen and oxygen atoms in total. The van der Waals surface area contributed by atoms with Crippen LogP contribution in [0.25, 0.3) is 0 Å². The fourth-order valence-corrected chi connectivity index (χ4v) is 6.35. The Balaban J connectivity index is 3.52. The van der Waals surface area contributed by atoms with Gasteiger partial charge in [-0.3, -0.25) is 0 Å². The maximum absolute atomic E-state index is 5.92. The molecular weight excluding hydrogens is 352 g/mol. The van der Waals surface area contributed by atoms with E-state index in [1.54, 1.807) is 0 Å². The van der Waals surface area contributed by atoms with E-state index in [4.69, 9.17) is 13.3 Å². The molecule has 0 heterocycles. The lowest BCUT2D eigenvalue weighted by Crippen LogP contribution is -2.45. The Hall–Kier alpha value is 0.0969. The molecule has 0 N–H and O–H groups in total. The highest BCUT2D eigenvalue weighted by Crippen LogP contribution is 2.21. The first-order chi connectivity index (χ1) is 13.1. The van der Waals surface area contributed by atoms with Crippen LogP contribution in [0.15, 0.2) is 0 Å². The molecule has 0 aromatic carbocycles. The van der Waals surface area contributed by atoms with Gasteiger partial charge in [-0.05, 0) is 33.1 Å². The van der Waals surface area contributed by atoms with E-state index in [-0.39, 0.29) is 0 Å². The molecule has 27 heavy (non-hydrogen) atoms. The van der Waals surface area contributed by atoms with E-state index in [2.05, 4.69) is 13.8 Å². The molecule has 0 radical (unpaired) electrons. The molecule has 0 rings (SSSR count). The van der Waals surface area contributed by atoms with E-state index in [0.29, 0.717) is 19.8 Å². The molecule has 0 aliphatic heterocycles. The average Bonchev–Trinajstić information content (AvgIpc) is 2.62. The summed E-state index contributed by atoms with van der Waals surface area (Å²) in [4.78, 5) is 0. The van der Waals surface area contributed by atoms with Crippen molar-refractivity contribution in [2.24, 2.45) is 5.92 Å². The Morgan fingerprint density at radius 1 is 0.519 bits per heavy atom. The molecule has 0 atom stereocenters. The molecule has 0 fully saturated rings. The predicted molar refractivity (Wildman–Crippen MR) is 120 cm³/mol. The number of unbranched alkanes of at least 4 members (excludes halogenated alkanes) is 11. The predicted octanol–water partition coefficient (Wildman–Crippen LogP) is 7.76. The maximum atomic E-state index is 5.92. The molecule has 0 aromatic rings. The topological polar surface area (TPSA) is 27.7 Å². The van der Waals surface area contributed by atoms with Crippen LogP contribution in [0.1, 0.15) is 118 Å². The first-order valence-electron chi connectivity index (χ1n) is 12.0. The van der Waals surface area contributed by atoms with Crippen molar-refractivity contribution in [2.45, 2.75) is 124 Å². The van der Waals surface area contributed by atoms with E-state index in [9.17, 15) is 0 Å². The van der Waals surface area contributed by atoms with Crippen LogP contribution < -0.4 is 0 Å². The van der Waals surface area contributed by atoms with Crippen LogP contribution in [-0.4, -0.2) is 28.6 Å². The van der Waals surface area contributed by atoms with Crippen LogP contribution in [0.3, 0.4) is 0 Å². The van der Waals surface area contributed by atoms with Crippen LogP contribution in [0.5, 0.6) is 0 Å². The average molecular weight is 403 g/mol. The summed E-state index contributed by atoms with van der Waals surface area (Å²) in [6.45, 7) is 12.8. The fraction of sp³-hybridized carbons (Fsp3) is 1.00. The Morgan fingerprint density at radius 3 is 1.19 bits per heavy atom. The van der Waals surface area contributed by atoms with Crippen molar-refractivity contribution in [3.8, 4) is 0 Å². The van der Waals surface area contributed by atoms with Gasteiger partial charge in [-0.25, -0.2) is 0 Å². The summed E-state index contributed by atoms with van der Waals surface area (Å²) < 4.78 is 17.8. The molecule has 0 amide bonds. The molecule has 0 aliphatic carbocycles. The van der Waals surface area contributed by atoms with Crippen molar-refractivity contribution in [2.75, 3.05) is 19.8 Å². The van der Waals surface area contributed by atoms with E-state index < -0.39 is 8.80 Å². The second kappa shape index (κ2) is 19.4. The lowest BCUT2D eigenvalue weighted by atomic mass is 10.0. The summed E-state index contributed by atoms with van der Waals surface area (Å²) in [6.07, 6.45) is 18.0. The third-order valence-electron chi connectivity index (χ3n) is 5.11. The summed E-state index contributed by atoms with van der Waals surface area (Å²) >= 11 is 0. The van der Waals surface area contributed by atoms with Gasteiger partial charge in [-0.1, -0.05) is 90.9 Å². The van der Waals surface area contributed by atoms with Crippen molar-refractivity contribution in [3.63, 3.8) is 0 Å². The molecule has 0 saturated heterocycles. The van der Waals surface area contributed by atoms with Crippen molar-refractivity contribution < 1.29 is 13.3 Å². The summed E-state index contributed by atoms with van der Waals surface area (Å²) in [6, 6.07) is 0.972. The standard InChI is InChI=1S/C23H50O3Si/c1-6-24-27(25-7-2,26-8-3)22-20-18-16-14-12-10-9-11-13-15-17-19-21-23(4)5/h23H,6-22H2,1-5H3. The third-order valence-corrected chi connectivity index (χ3v) is 8.26. The number of rotatable bonds is 21. The Kier molecular flexibility index (Phi) is 19.5. The van der Waals surface area contributed by atoms with Crippen LogP contribution in [-0.2, 0) is 13.3 Å². The van der Waals surface area contributed by atoms with Crippen LogP contribution >= 0.6 is 0 Å². The number of hydrogen-bond acceptors (Lipinski definition) is 3. The third kappa shape index (κ3) is 16.7. The minimum atomic E-state index is -2.40. The van der Waals surface area contributed by atoms with E-state index in [0.717, 1.165) is 12.0 Å². The SMILES string of the molecule is CCO[Si](CCCCCCCCCCCCCCC(C)C)(OCC)OCC. The monoisotopic (exact) mass is 402 g/mol. The molecule has 0 unspecified atom stereocenters. The first-order valence-corrected chi connectivity index (χ1v) is 13.9. The lowest BCUT2D eigenvalue weighted by Gasteiger charge is -2.28. The van der Waals surface area contributed by atoms with Gasteiger partial charge in [-0.15, -0.1) is 0 Å². The van der Waals surface area contributed by atoms with Crippen LogP contribution in [0.4, 0.5) is 0 Å². The zero-order chi connectivity index (χ0) is 20.2. The second-order valence-electron chi connectivity index (χ2n) is 8.16. The molecule has 0 aliphatic rings. The Morgan fingerprint density at radius 2 is 0.852 bits per heavy atom. The number of hydrogen-bond donors (Lipinski definition) is 0. The van der Waals surface area contributed by atoms with Crippen molar-refractivity contribution >= 4 is 8.80 Å².